The van der Waals surface area contributed by atoms with E-state index in [9.17, 15) is 4.79 Å². The van der Waals surface area contributed by atoms with Crippen LogP contribution in [0.5, 0.6) is 0 Å². The lowest BCUT2D eigenvalue weighted by molar-refractivity contribution is 0.0955. The molecule has 0 atom stereocenters. The maximum atomic E-state index is 12.1. The molecule has 0 heterocycles. The zero-order valence-corrected chi connectivity index (χ0v) is 13.6. The van der Waals surface area contributed by atoms with Crippen LogP contribution in [0.1, 0.15) is 49.2 Å². The van der Waals surface area contributed by atoms with E-state index < -0.39 is 0 Å². The number of nitrogens with zero attached hydrogens (tertiary/aromatic N) is 1. The maximum Gasteiger partial charge on any atom is 0.271 e. The lowest BCUT2D eigenvalue weighted by Crippen LogP contribution is -2.19. The monoisotopic (exact) mass is 294 g/mol. The second-order valence-corrected chi connectivity index (χ2v) is 6.33. The number of rotatable bonds is 3. The predicted octanol–water partition coefficient (Wildman–Crippen LogP) is 4.14. The highest BCUT2D eigenvalue weighted by Gasteiger charge is 2.14. The van der Waals surface area contributed by atoms with Gasteiger partial charge in [-0.25, -0.2) is 5.43 Å². The van der Waals surface area contributed by atoms with Gasteiger partial charge in [-0.15, -0.1) is 0 Å². The van der Waals surface area contributed by atoms with Gasteiger partial charge in [-0.2, -0.15) is 5.10 Å². The minimum Gasteiger partial charge on any atom is -0.267 e. The van der Waals surface area contributed by atoms with E-state index in [-0.39, 0.29) is 11.3 Å². The largest absolute Gasteiger partial charge is 0.271 e. The minimum absolute atomic E-state index is 0.0804. The number of hydrogen-bond donors (Lipinski definition) is 1. The van der Waals surface area contributed by atoms with E-state index in [2.05, 4.69) is 31.3 Å². The Kier molecular flexibility index (Phi) is 4.76. The van der Waals surface area contributed by atoms with Crippen LogP contribution in [-0.4, -0.2) is 11.6 Å². The van der Waals surface area contributed by atoms with Gasteiger partial charge in [0.1, 0.15) is 0 Å². The van der Waals surface area contributed by atoms with Gasteiger partial charge in [0.2, 0.25) is 0 Å². The smallest absolute Gasteiger partial charge is 0.267 e. The van der Waals surface area contributed by atoms with E-state index in [0.29, 0.717) is 5.56 Å². The Balaban J connectivity index is 2.07. The van der Waals surface area contributed by atoms with Gasteiger partial charge in [0.25, 0.3) is 5.91 Å². The van der Waals surface area contributed by atoms with Gasteiger partial charge in [0.05, 0.1) is 5.71 Å². The highest BCUT2D eigenvalue weighted by molar-refractivity contribution is 6.00. The van der Waals surface area contributed by atoms with E-state index >= 15 is 0 Å². The van der Waals surface area contributed by atoms with Crippen LogP contribution in [0.25, 0.3) is 0 Å². The van der Waals surface area contributed by atoms with E-state index in [4.69, 9.17) is 0 Å². The van der Waals surface area contributed by atoms with Crippen LogP contribution in [0, 0.1) is 0 Å². The van der Waals surface area contributed by atoms with Gasteiger partial charge in [0.15, 0.2) is 0 Å². The third-order valence-electron chi connectivity index (χ3n) is 3.53. The Hall–Kier alpha value is -2.42. The molecular formula is C19H22N2O. The second-order valence-electron chi connectivity index (χ2n) is 6.33. The maximum absolute atomic E-state index is 12.1. The van der Waals surface area contributed by atoms with Gasteiger partial charge in [-0.3, -0.25) is 4.79 Å². The first kappa shape index (κ1) is 16.0. The van der Waals surface area contributed by atoms with Crippen molar-refractivity contribution in [1.82, 2.24) is 5.43 Å². The van der Waals surface area contributed by atoms with Crippen molar-refractivity contribution in [2.24, 2.45) is 5.10 Å². The average Bonchev–Trinajstić information content (AvgIpc) is 2.52. The quantitative estimate of drug-likeness (QED) is 0.671. The molecule has 0 bridgehead atoms. The van der Waals surface area contributed by atoms with E-state index in [1.165, 1.54) is 5.56 Å². The Bertz CT molecular complexity index is 665. The molecule has 2 rings (SSSR count). The van der Waals surface area contributed by atoms with E-state index in [1.54, 1.807) is 0 Å². The molecule has 3 nitrogen and oxygen atoms in total. The molecule has 1 amide bonds. The van der Waals surface area contributed by atoms with Gasteiger partial charge in [0, 0.05) is 5.56 Å². The summed E-state index contributed by atoms with van der Waals surface area (Å²) in [5, 5.41) is 4.16. The third-order valence-corrected chi connectivity index (χ3v) is 3.53. The number of carbonyl (C=O) groups is 1. The summed E-state index contributed by atoms with van der Waals surface area (Å²) in [5.41, 5.74) is 6.27. The average molecular weight is 294 g/mol. The molecule has 0 saturated heterocycles. The molecule has 0 aliphatic carbocycles. The number of amides is 1. The van der Waals surface area contributed by atoms with Crippen molar-refractivity contribution in [3.05, 3.63) is 71.3 Å². The zero-order valence-electron chi connectivity index (χ0n) is 13.6. The third kappa shape index (κ3) is 4.04. The fourth-order valence-corrected chi connectivity index (χ4v) is 2.06. The summed E-state index contributed by atoms with van der Waals surface area (Å²) in [6, 6.07) is 17.4. The number of carbonyl (C=O) groups excluding carboxylic acids is 1. The first-order chi connectivity index (χ1) is 10.4. The molecule has 0 aromatic heterocycles. The van der Waals surface area contributed by atoms with Crippen molar-refractivity contribution in [3.63, 3.8) is 0 Å². The summed E-state index contributed by atoms with van der Waals surface area (Å²) in [6.45, 7) is 8.32. The Morgan fingerprint density at radius 2 is 1.50 bits per heavy atom. The van der Waals surface area contributed by atoms with Crippen LogP contribution >= 0.6 is 0 Å². The van der Waals surface area contributed by atoms with Crippen molar-refractivity contribution >= 4 is 11.6 Å². The summed E-state index contributed by atoms with van der Waals surface area (Å²) in [6.07, 6.45) is 0. The summed E-state index contributed by atoms with van der Waals surface area (Å²) < 4.78 is 0. The Morgan fingerprint density at radius 1 is 0.909 bits per heavy atom. The minimum atomic E-state index is -0.198. The molecule has 2 aromatic carbocycles. The van der Waals surface area contributed by atoms with Crippen LogP contribution in [0.4, 0.5) is 0 Å². The van der Waals surface area contributed by atoms with E-state index in [0.717, 1.165) is 11.3 Å². The first-order valence-electron chi connectivity index (χ1n) is 7.38. The number of nitrogens with one attached hydrogen (secondary N) is 1. The molecular weight excluding hydrogens is 272 g/mol. The Morgan fingerprint density at radius 3 is 2.05 bits per heavy atom. The zero-order chi connectivity index (χ0) is 16.2. The second kappa shape index (κ2) is 6.56. The van der Waals surface area contributed by atoms with Crippen molar-refractivity contribution in [2.75, 3.05) is 0 Å². The summed E-state index contributed by atoms with van der Waals surface area (Å²) in [4.78, 5) is 12.1. The highest BCUT2D eigenvalue weighted by atomic mass is 16.2. The molecule has 1 N–H and O–H groups in total. The van der Waals surface area contributed by atoms with Crippen LogP contribution < -0.4 is 5.43 Å². The lowest BCUT2D eigenvalue weighted by atomic mass is 9.87. The highest BCUT2D eigenvalue weighted by Crippen LogP contribution is 2.22. The lowest BCUT2D eigenvalue weighted by Gasteiger charge is -2.18. The van der Waals surface area contributed by atoms with Gasteiger partial charge < -0.3 is 0 Å². The van der Waals surface area contributed by atoms with Gasteiger partial charge >= 0.3 is 0 Å². The standard InChI is InChI=1S/C19H22N2O/c1-14(15-8-6-5-7-9-15)20-21-18(22)16-10-12-17(13-11-16)19(2,3)4/h5-13H,1-4H3,(H,21,22). The molecule has 0 aliphatic heterocycles. The molecule has 0 aliphatic rings. The number of benzene rings is 2. The molecule has 0 saturated carbocycles. The number of hydrogen-bond acceptors (Lipinski definition) is 2. The predicted molar refractivity (Wildman–Crippen MR) is 91.3 cm³/mol. The number of hydrazone groups is 1. The SMILES string of the molecule is CC(=NNC(=O)c1ccc(C(C)(C)C)cc1)c1ccccc1. The normalized spacial score (nSPS) is 12.1. The van der Waals surface area contributed by atoms with Crippen molar-refractivity contribution < 1.29 is 4.79 Å². The summed E-state index contributed by atoms with van der Waals surface area (Å²) in [5.74, 6) is -0.198. The molecule has 3 heteroatoms. The van der Waals surface area contributed by atoms with Crippen molar-refractivity contribution in [1.29, 1.82) is 0 Å². The fourth-order valence-electron chi connectivity index (χ4n) is 2.06. The van der Waals surface area contributed by atoms with Crippen molar-refractivity contribution in [3.8, 4) is 0 Å². The Labute approximate surface area is 132 Å². The molecule has 0 spiro atoms. The van der Waals surface area contributed by atoms with Crippen LogP contribution in [0.15, 0.2) is 59.7 Å². The van der Waals surface area contributed by atoms with Crippen LogP contribution in [0.2, 0.25) is 0 Å². The van der Waals surface area contributed by atoms with Gasteiger partial charge in [-0.05, 0) is 35.6 Å². The van der Waals surface area contributed by atoms with Gasteiger partial charge in [-0.1, -0.05) is 63.2 Å². The first-order valence-corrected chi connectivity index (χ1v) is 7.38. The summed E-state index contributed by atoms with van der Waals surface area (Å²) in [7, 11) is 0. The molecule has 0 radical (unpaired) electrons. The fraction of sp³-hybridized carbons (Fsp3) is 0.263. The van der Waals surface area contributed by atoms with Crippen LogP contribution in [0.3, 0.4) is 0 Å². The molecule has 22 heavy (non-hydrogen) atoms. The van der Waals surface area contributed by atoms with Crippen molar-refractivity contribution in [2.45, 2.75) is 33.1 Å². The van der Waals surface area contributed by atoms with Crippen LogP contribution in [-0.2, 0) is 5.41 Å². The molecule has 114 valence electrons. The topological polar surface area (TPSA) is 41.5 Å². The molecule has 0 unspecified atom stereocenters. The molecule has 2 aromatic rings. The summed E-state index contributed by atoms with van der Waals surface area (Å²) >= 11 is 0. The van der Waals surface area contributed by atoms with E-state index in [1.807, 2.05) is 61.5 Å². The molecule has 0 fully saturated rings.